The second-order valence-corrected chi connectivity index (χ2v) is 5.94. The number of methoxy groups -OCH3 is 1. The van der Waals surface area contributed by atoms with Crippen molar-refractivity contribution in [3.05, 3.63) is 24.3 Å². The lowest BCUT2D eigenvalue weighted by Gasteiger charge is -2.23. The lowest BCUT2D eigenvalue weighted by Crippen LogP contribution is -2.42. The van der Waals surface area contributed by atoms with Crippen molar-refractivity contribution in [2.75, 3.05) is 32.3 Å². The average Bonchev–Trinajstić information content (AvgIpc) is 2.49. The van der Waals surface area contributed by atoms with E-state index >= 15 is 0 Å². The molecule has 0 bridgehead atoms. The highest BCUT2D eigenvalue weighted by atomic mass is 32.2. The van der Waals surface area contributed by atoms with Gasteiger partial charge in [-0.25, -0.2) is 0 Å². The molecule has 0 heterocycles. The summed E-state index contributed by atoms with van der Waals surface area (Å²) in [6.07, 6.45) is 2.61. The molecule has 1 unspecified atom stereocenters. The fourth-order valence-electron chi connectivity index (χ4n) is 1.63. The van der Waals surface area contributed by atoms with Crippen molar-refractivity contribution in [1.82, 2.24) is 5.32 Å². The normalized spacial score (nSPS) is 13.3. The third kappa shape index (κ3) is 6.73. The minimum absolute atomic E-state index is 0.112. The second-order valence-electron chi connectivity index (χ2n) is 4.96. The molecule has 0 spiro atoms. The van der Waals surface area contributed by atoms with Crippen molar-refractivity contribution in [3.63, 3.8) is 0 Å². The van der Waals surface area contributed by atoms with E-state index in [1.807, 2.05) is 18.4 Å². The van der Waals surface area contributed by atoms with E-state index in [1.54, 1.807) is 37.9 Å². The van der Waals surface area contributed by atoms with Crippen molar-refractivity contribution in [3.8, 4) is 11.5 Å². The Balaban J connectivity index is 2.37. The maximum atomic E-state index is 11.7. The van der Waals surface area contributed by atoms with Crippen LogP contribution in [0.3, 0.4) is 0 Å². The van der Waals surface area contributed by atoms with Gasteiger partial charge in [-0.2, -0.15) is 11.8 Å². The summed E-state index contributed by atoms with van der Waals surface area (Å²) < 4.78 is 10.6. The highest BCUT2D eigenvalue weighted by molar-refractivity contribution is 7.98. The Hall–Kier alpha value is -1.40. The summed E-state index contributed by atoms with van der Waals surface area (Å²) in [5.74, 6) is 1.67. The van der Waals surface area contributed by atoms with Gasteiger partial charge in [0.25, 0.3) is 5.91 Å². The Morgan fingerprint density at radius 3 is 2.67 bits per heavy atom. The van der Waals surface area contributed by atoms with Gasteiger partial charge in [-0.15, -0.1) is 0 Å². The van der Waals surface area contributed by atoms with E-state index in [9.17, 15) is 9.90 Å². The van der Waals surface area contributed by atoms with Crippen LogP contribution in [-0.4, -0.2) is 48.9 Å². The van der Waals surface area contributed by atoms with Crippen LogP contribution in [0.1, 0.15) is 13.3 Å². The Labute approximate surface area is 130 Å². The molecule has 1 aromatic carbocycles. The van der Waals surface area contributed by atoms with Crippen molar-refractivity contribution < 1.29 is 19.4 Å². The Bertz CT molecular complexity index is 451. The molecule has 1 rings (SSSR count). The van der Waals surface area contributed by atoms with Crippen molar-refractivity contribution >= 4 is 17.7 Å². The van der Waals surface area contributed by atoms with Gasteiger partial charge < -0.3 is 19.9 Å². The quantitative estimate of drug-likeness (QED) is 0.726. The van der Waals surface area contributed by atoms with Gasteiger partial charge in [0.1, 0.15) is 0 Å². The molecule has 0 saturated carbocycles. The third-order valence-corrected chi connectivity index (χ3v) is 3.55. The molecule has 0 aliphatic rings. The van der Waals surface area contributed by atoms with Crippen LogP contribution in [0.4, 0.5) is 0 Å². The first-order chi connectivity index (χ1) is 9.98. The SMILES string of the molecule is COc1ccccc1OCC(=O)NCC(C)(O)CCSC. The third-order valence-electron chi connectivity index (χ3n) is 2.94. The van der Waals surface area contributed by atoms with Crippen LogP contribution in [0, 0.1) is 0 Å². The summed E-state index contributed by atoms with van der Waals surface area (Å²) in [5, 5.41) is 12.7. The lowest BCUT2D eigenvalue weighted by molar-refractivity contribution is -0.124. The number of para-hydroxylation sites is 2. The van der Waals surface area contributed by atoms with Crippen LogP contribution >= 0.6 is 11.8 Å². The predicted octanol–water partition coefficient (Wildman–Crippen LogP) is 1.69. The zero-order valence-corrected chi connectivity index (χ0v) is 13.5. The van der Waals surface area contributed by atoms with E-state index in [4.69, 9.17) is 9.47 Å². The van der Waals surface area contributed by atoms with Crippen LogP contribution in [0.25, 0.3) is 0 Å². The predicted molar refractivity (Wildman–Crippen MR) is 85.1 cm³/mol. The van der Waals surface area contributed by atoms with Gasteiger partial charge in [-0.3, -0.25) is 4.79 Å². The maximum absolute atomic E-state index is 11.7. The molecule has 6 heteroatoms. The van der Waals surface area contributed by atoms with Crippen LogP contribution in [0.2, 0.25) is 0 Å². The summed E-state index contributed by atoms with van der Waals surface area (Å²) in [6.45, 7) is 1.81. The van der Waals surface area contributed by atoms with Crippen molar-refractivity contribution in [2.45, 2.75) is 18.9 Å². The Morgan fingerprint density at radius 1 is 1.38 bits per heavy atom. The molecule has 0 fully saturated rings. The second kappa shape index (κ2) is 8.79. The molecular formula is C15H23NO4S. The van der Waals surface area contributed by atoms with E-state index < -0.39 is 5.60 Å². The number of ether oxygens (including phenoxy) is 2. The largest absolute Gasteiger partial charge is 0.493 e. The Morgan fingerprint density at radius 2 is 2.05 bits per heavy atom. The van der Waals surface area contributed by atoms with E-state index in [2.05, 4.69) is 5.32 Å². The van der Waals surface area contributed by atoms with Gasteiger partial charge in [-0.1, -0.05) is 12.1 Å². The van der Waals surface area contributed by atoms with Gasteiger partial charge in [0.15, 0.2) is 18.1 Å². The molecular weight excluding hydrogens is 290 g/mol. The molecule has 0 aliphatic carbocycles. The van der Waals surface area contributed by atoms with Crippen LogP contribution in [-0.2, 0) is 4.79 Å². The number of carbonyl (C=O) groups excluding carboxylic acids is 1. The van der Waals surface area contributed by atoms with E-state index in [0.29, 0.717) is 17.9 Å². The number of hydrogen-bond donors (Lipinski definition) is 2. The summed E-state index contributed by atoms with van der Waals surface area (Å²) in [6, 6.07) is 7.14. The topological polar surface area (TPSA) is 67.8 Å². The first kappa shape index (κ1) is 17.7. The molecule has 1 aromatic rings. The summed E-state index contributed by atoms with van der Waals surface area (Å²) >= 11 is 1.66. The summed E-state index contributed by atoms with van der Waals surface area (Å²) in [7, 11) is 1.55. The molecule has 0 aromatic heterocycles. The van der Waals surface area contributed by atoms with Gasteiger partial charge in [0.05, 0.1) is 12.7 Å². The molecule has 1 atom stereocenters. The fraction of sp³-hybridized carbons (Fsp3) is 0.533. The highest BCUT2D eigenvalue weighted by Crippen LogP contribution is 2.25. The monoisotopic (exact) mass is 313 g/mol. The van der Waals surface area contributed by atoms with Crippen molar-refractivity contribution in [1.29, 1.82) is 0 Å². The molecule has 0 radical (unpaired) electrons. The molecule has 21 heavy (non-hydrogen) atoms. The highest BCUT2D eigenvalue weighted by Gasteiger charge is 2.20. The smallest absolute Gasteiger partial charge is 0.258 e. The maximum Gasteiger partial charge on any atom is 0.258 e. The standard InChI is InChI=1S/C15H23NO4S/c1-15(18,8-9-21-3)11-16-14(17)10-20-13-7-5-4-6-12(13)19-2/h4-7,18H,8-11H2,1-3H3,(H,16,17). The van der Waals surface area contributed by atoms with E-state index in [0.717, 1.165) is 5.75 Å². The molecule has 0 saturated heterocycles. The first-order valence-corrected chi connectivity index (χ1v) is 8.12. The molecule has 2 N–H and O–H groups in total. The average molecular weight is 313 g/mol. The van der Waals surface area contributed by atoms with Crippen molar-refractivity contribution in [2.24, 2.45) is 0 Å². The number of carbonyl (C=O) groups is 1. The number of hydrogen-bond acceptors (Lipinski definition) is 5. The number of amides is 1. The van der Waals surface area contributed by atoms with Crippen LogP contribution in [0.15, 0.2) is 24.3 Å². The zero-order chi connectivity index (χ0) is 15.7. The van der Waals surface area contributed by atoms with Gasteiger partial charge >= 0.3 is 0 Å². The molecule has 0 aliphatic heterocycles. The Kier molecular flexibility index (Phi) is 7.39. The zero-order valence-electron chi connectivity index (χ0n) is 12.7. The number of rotatable bonds is 9. The molecule has 1 amide bonds. The fourth-order valence-corrected chi connectivity index (χ4v) is 2.28. The van der Waals surface area contributed by atoms with Crippen LogP contribution in [0.5, 0.6) is 11.5 Å². The number of aliphatic hydroxyl groups is 1. The summed E-state index contributed by atoms with van der Waals surface area (Å²) in [4.78, 5) is 11.7. The lowest BCUT2D eigenvalue weighted by atomic mass is 10.0. The molecule has 118 valence electrons. The molecule has 5 nitrogen and oxygen atoms in total. The minimum Gasteiger partial charge on any atom is -0.493 e. The number of thioether (sulfide) groups is 1. The minimum atomic E-state index is -0.900. The number of benzene rings is 1. The van der Waals surface area contributed by atoms with E-state index in [-0.39, 0.29) is 19.1 Å². The summed E-state index contributed by atoms with van der Waals surface area (Å²) in [5.41, 5.74) is -0.900. The van der Waals surface area contributed by atoms with Gasteiger partial charge in [0, 0.05) is 6.54 Å². The first-order valence-electron chi connectivity index (χ1n) is 6.72. The number of nitrogens with one attached hydrogen (secondary N) is 1. The van der Waals surface area contributed by atoms with Gasteiger partial charge in [0.2, 0.25) is 0 Å². The van der Waals surface area contributed by atoms with Crippen LogP contribution < -0.4 is 14.8 Å². The van der Waals surface area contributed by atoms with E-state index in [1.165, 1.54) is 0 Å². The van der Waals surface area contributed by atoms with Gasteiger partial charge in [-0.05, 0) is 37.5 Å².